The highest BCUT2D eigenvalue weighted by molar-refractivity contribution is 7.19. The van der Waals surface area contributed by atoms with Crippen molar-refractivity contribution in [3.8, 4) is 0 Å². The summed E-state index contributed by atoms with van der Waals surface area (Å²) in [5.74, 6) is -0.184. The number of pyridine rings is 1. The molecule has 0 bridgehead atoms. The third kappa shape index (κ3) is 2.93. The van der Waals surface area contributed by atoms with Crippen LogP contribution in [0, 0.1) is 0 Å². The number of carbonyl (C=O) groups excluding carboxylic acids is 1. The first kappa shape index (κ1) is 14.1. The normalized spacial score (nSPS) is 12.5. The summed E-state index contributed by atoms with van der Waals surface area (Å²) in [5, 5.41) is 6.44. The van der Waals surface area contributed by atoms with E-state index in [-0.39, 0.29) is 11.9 Å². The van der Waals surface area contributed by atoms with Crippen LogP contribution in [0.2, 0.25) is 0 Å². The molecule has 0 aliphatic heterocycles. The average molecular weight is 318 g/mol. The second-order valence-electron chi connectivity index (χ2n) is 4.56. The minimum Gasteiger partial charge on any atom is -0.342 e. The Morgan fingerprint density at radius 2 is 2.29 bits per heavy atom. The fraction of sp³-hybridized carbons (Fsp3) is 0.286. The van der Waals surface area contributed by atoms with Gasteiger partial charge in [-0.3, -0.25) is 4.79 Å². The molecule has 108 valence electrons. The number of thiazole rings is 2. The van der Waals surface area contributed by atoms with Crippen molar-refractivity contribution in [3.63, 3.8) is 0 Å². The fourth-order valence-electron chi connectivity index (χ4n) is 1.89. The maximum Gasteiger partial charge on any atom is 0.280 e. The second kappa shape index (κ2) is 5.87. The molecule has 5 nitrogen and oxygen atoms in total. The van der Waals surface area contributed by atoms with Crippen molar-refractivity contribution in [2.45, 2.75) is 26.3 Å². The number of aryl methyl sites for hydroxylation is 1. The van der Waals surface area contributed by atoms with E-state index in [1.165, 1.54) is 11.3 Å². The maximum atomic E-state index is 12.3. The van der Waals surface area contributed by atoms with Crippen LogP contribution in [0.3, 0.4) is 0 Å². The van der Waals surface area contributed by atoms with E-state index in [4.69, 9.17) is 0 Å². The van der Waals surface area contributed by atoms with E-state index < -0.39 is 0 Å². The van der Waals surface area contributed by atoms with Crippen LogP contribution in [0.5, 0.6) is 0 Å². The largest absolute Gasteiger partial charge is 0.342 e. The van der Waals surface area contributed by atoms with Crippen LogP contribution in [0.15, 0.2) is 23.7 Å². The molecule has 0 unspecified atom stereocenters. The van der Waals surface area contributed by atoms with Crippen molar-refractivity contribution >= 4 is 38.9 Å². The number of fused-ring (bicyclic) bond motifs is 1. The van der Waals surface area contributed by atoms with E-state index >= 15 is 0 Å². The Balaban J connectivity index is 1.75. The van der Waals surface area contributed by atoms with Crippen molar-refractivity contribution in [2.24, 2.45) is 0 Å². The van der Waals surface area contributed by atoms with Crippen molar-refractivity contribution in [1.29, 1.82) is 0 Å². The van der Waals surface area contributed by atoms with Crippen molar-refractivity contribution in [3.05, 3.63) is 39.4 Å². The molecular weight excluding hydrogens is 304 g/mol. The molecule has 0 spiro atoms. The molecule has 7 heteroatoms. The number of hydrogen-bond donors (Lipinski definition) is 1. The highest BCUT2D eigenvalue weighted by Crippen LogP contribution is 2.21. The van der Waals surface area contributed by atoms with Gasteiger partial charge in [0.25, 0.3) is 5.91 Å². The first-order valence-corrected chi connectivity index (χ1v) is 8.33. The summed E-state index contributed by atoms with van der Waals surface area (Å²) in [6.45, 7) is 4.00. The molecule has 1 amide bonds. The van der Waals surface area contributed by atoms with Gasteiger partial charge in [0.05, 0.1) is 16.7 Å². The molecule has 0 saturated heterocycles. The zero-order chi connectivity index (χ0) is 14.8. The van der Waals surface area contributed by atoms with E-state index in [0.29, 0.717) is 5.01 Å². The smallest absolute Gasteiger partial charge is 0.280 e. The SMILES string of the molecule is CCc1nc([C@@H](C)NC(=O)c2nc3cccnc3s2)cs1. The first-order valence-electron chi connectivity index (χ1n) is 6.64. The summed E-state index contributed by atoms with van der Waals surface area (Å²) >= 11 is 2.92. The first-order chi connectivity index (χ1) is 10.2. The molecule has 3 aromatic heterocycles. The molecule has 3 heterocycles. The summed E-state index contributed by atoms with van der Waals surface area (Å²) in [7, 11) is 0. The Labute approximate surface area is 130 Å². The molecule has 3 rings (SSSR count). The predicted molar refractivity (Wildman–Crippen MR) is 84.8 cm³/mol. The zero-order valence-corrected chi connectivity index (χ0v) is 13.3. The second-order valence-corrected chi connectivity index (χ2v) is 6.48. The van der Waals surface area contributed by atoms with Crippen LogP contribution in [-0.4, -0.2) is 20.9 Å². The summed E-state index contributed by atoms with van der Waals surface area (Å²) in [4.78, 5) is 26.0. The number of nitrogens with zero attached hydrogens (tertiary/aromatic N) is 3. The highest BCUT2D eigenvalue weighted by atomic mass is 32.1. The molecule has 0 aliphatic carbocycles. The third-order valence-electron chi connectivity index (χ3n) is 3.02. The molecule has 0 radical (unpaired) electrons. The lowest BCUT2D eigenvalue weighted by Gasteiger charge is -2.09. The number of hydrogen-bond acceptors (Lipinski definition) is 6. The van der Waals surface area contributed by atoms with Crippen molar-refractivity contribution in [1.82, 2.24) is 20.3 Å². The van der Waals surface area contributed by atoms with E-state index in [2.05, 4.69) is 27.2 Å². The predicted octanol–water partition coefficient (Wildman–Crippen LogP) is 3.20. The van der Waals surface area contributed by atoms with Gasteiger partial charge in [-0.1, -0.05) is 18.3 Å². The van der Waals surface area contributed by atoms with Gasteiger partial charge < -0.3 is 5.32 Å². The van der Waals surface area contributed by atoms with Crippen LogP contribution in [0.4, 0.5) is 0 Å². The molecular formula is C14H14N4OS2. The van der Waals surface area contributed by atoms with Crippen LogP contribution in [-0.2, 0) is 6.42 Å². The van der Waals surface area contributed by atoms with Gasteiger partial charge in [-0.05, 0) is 25.5 Å². The van der Waals surface area contributed by atoms with Gasteiger partial charge in [0, 0.05) is 11.6 Å². The van der Waals surface area contributed by atoms with Gasteiger partial charge in [-0.2, -0.15) is 0 Å². The zero-order valence-electron chi connectivity index (χ0n) is 11.7. The molecule has 3 aromatic rings. The molecule has 0 aromatic carbocycles. The molecule has 0 aliphatic rings. The Hall–Kier alpha value is -1.86. The van der Waals surface area contributed by atoms with Gasteiger partial charge in [0.1, 0.15) is 10.3 Å². The summed E-state index contributed by atoms with van der Waals surface area (Å²) < 4.78 is 0. The number of aromatic nitrogens is 3. The Bertz CT molecular complexity index is 747. The monoisotopic (exact) mass is 318 g/mol. The lowest BCUT2D eigenvalue weighted by Crippen LogP contribution is -2.26. The lowest BCUT2D eigenvalue weighted by molar-refractivity contribution is 0.0939. The molecule has 0 fully saturated rings. The standard InChI is InChI=1S/C14H14N4OS2/c1-3-11-17-10(7-20-11)8(2)16-12(19)14-18-9-5-4-6-15-13(9)21-14/h4-8H,3H2,1-2H3,(H,16,19)/t8-/m1/s1. The summed E-state index contributed by atoms with van der Waals surface area (Å²) in [5.41, 5.74) is 1.65. The third-order valence-corrected chi connectivity index (χ3v) is 5.01. The van der Waals surface area contributed by atoms with E-state index in [1.54, 1.807) is 17.5 Å². The molecule has 0 saturated carbocycles. The number of nitrogens with one attached hydrogen (secondary N) is 1. The fourth-order valence-corrected chi connectivity index (χ4v) is 3.53. The number of amides is 1. The van der Waals surface area contributed by atoms with E-state index in [0.717, 1.165) is 27.5 Å². The van der Waals surface area contributed by atoms with Gasteiger partial charge in [0.15, 0.2) is 5.01 Å². The highest BCUT2D eigenvalue weighted by Gasteiger charge is 2.17. The minimum absolute atomic E-state index is 0.131. The topological polar surface area (TPSA) is 67.8 Å². The average Bonchev–Trinajstić information content (AvgIpc) is 3.13. The quantitative estimate of drug-likeness (QED) is 0.802. The molecule has 1 N–H and O–H groups in total. The maximum absolute atomic E-state index is 12.3. The van der Waals surface area contributed by atoms with Gasteiger partial charge in [-0.15, -0.1) is 11.3 Å². The van der Waals surface area contributed by atoms with Crippen molar-refractivity contribution < 1.29 is 4.79 Å². The Morgan fingerprint density at radius 3 is 3.00 bits per heavy atom. The summed E-state index contributed by atoms with van der Waals surface area (Å²) in [6, 6.07) is 3.54. The van der Waals surface area contributed by atoms with Gasteiger partial charge in [-0.25, -0.2) is 15.0 Å². The Morgan fingerprint density at radius 1 is 1.43 bits per heavy atom. The number of carbonyl (C=O) groups is 1. The van der Waals surface area contributed by atoms with E-state index in [1.807, 2.05) is 24.4 Å². The van der Waals surface area contributed by atoms with Gasteiger partial charge in [0.2, 0.25) is 0 Å². The van der Waals surface area contributed by atoms with Crippen molar-refractivity contribution in [2.75, 3.05) is 0 Å². The van der Waals surface area contributed by atoms with Crippen LogP contribution in [0.25, 0.3) is 10.3 Å². The van der Waals surface area contributed by atoms with Crippen LogP contribution < -0.4 is 5.32 Å². The summed E-state index contributed by atoms with van der Waals surface area (Å²) in [6.07, 6.45) is 2.61. The minimum atomic E-state index is -0.184. The van der Waals surface area contributed by atoms with Crippen LogP contribution >= 0.6 is 22.7 Å². The lowest BCUT2D eigenvalue weighted by atomic mass is 10.2. The van der Waals surface area contributed by atoms with Crippen LogP contribution in [0.1, 0.15) is 40.4 Å². The molecule has 21 heavy (non-hydrogen) atoms. The van der Waals surface area contributed by atoms with E-state index in [9.17, 15) is 4.79 Å². The van der Waals surface area contributed by atoms with Gasteiger partial charge >= 0.3 is 0 Å². The number of rotatable bonds is 4. The Kier molecular flexibility index (Phi) is 3.94. The molecule has 1 atom stereocenters.